The van der Waals surface area contributed by atoms with Gasteiger partial charge in [-0.1, -0.05) is 6.07 Å². The van der Waals surface area contributed by atoms with Crippen LogP contribution in [0.1, 0.15) is 12.5 Å². The number of anilines is 1. The average Bonchev–Trinajstić information content (AvgIpc) is 2.38. The quantitative estimate of drug-likeness (QED) is 0.562. The number of nitro benzene ring substituents is 1. The molecule has 1 aromatic rings. The maximum atomic E-state index is 11.6. The van der Waals surface area contributed by atoms with E-state index < -0.39 is 0 Å². The number of benzene rings is 1. The molecule has 6 heteroatoms. The van der Waals surface area contributed by atoms with E-state index in [2.05, 4.69) is 4.90 Å². The second kappa shape index (κ2) is 4.22. The van der Waals surface area contributed by atoms with Crippen LogP contribution in [0.5, 0.6) is 0 Å². The van der Waals surface area contributed by atoms with Gasteiger partial charge in [0.25, 0.3) is 5.69 Å². The molecule has 1 saturated heterocycles. The molecule has 1 aromatic carbocycles. The van der Waals surface area contributed by atoms with Gasteiger partial charge in [-0.25, -0.2) is 0 Å². The summed E-state index contributed by atoms with van der Waals surface area (Å²) in [6.45, 7) is 3.81. The number of carbonyl (C=O) groups excluding carboxylic acids is 1. The summed E-state index contributed by atoms with van der Waals surface area (Å²) in [7, 11) is 0. The highest BCUT2D eigenvalue weighted by Gasteiger charge is 2.34. The fraction of sp³-hybridized carbons (Fsp3) is 0.462. The first-order chi connectivity index (χ1) is 9.06. The van der Waals surface area contributed by atoms with Crippen LogP contribution in [0, 0.1) is 10.1 Å². The van der Waals surface area contributed by atoms with E-state index in [4.69, 9.17) is 0 Å². The van der Waals surface area contributed by atoms with Crippen LogP contribution in [-0.2, 0) is 11.2 Å². The summed E-state index contributed by atoms with van der Waals surface area (Å²) >= 11 is 0. The van der Waals surface area contributed by atoms with Crippen molar-refractivity contribution in [2.45, 2.75) is 19.4 Å². The molecule has 19 heavy (non-hydrogen) atoms. The van der Waals surface area contributed by atoms with Gasteiger partial charge in [-0.3, -0.25) is 14.9 Å². The van der Waals surface area contributed by atoms with Gasteiger partial charge in [-0.05, 0) is 12.0 Å². The van der Waals surface area contributed by atoms with Crippen LogP contribution in [0.2, 0.25) is 0 Å². The summed E-state index contributed by atoms with van der Waals surface area (Å²) in [5, 5.41) is 10.8. The average molecular weight is 261 g/mol. The molecular weight excluding hydrogens is 246 g/mol. The van der Waals surface area contributed by atoms with Crippen molar-refractivity contribution in [2.24, 2.45) is 0 Å². The predicted octanol–water partition coefficient (Wildman–Crippen LogP) is 1.19. The molecule has 0 aromatic heterocycles. The second-order valence-corrected chi connectivity index (χ2v) is 5.09. The monoisotopic (exact) mass is 261 g/mol. The Morgan fingerprint density at radius 1 is 1.42 bits per heavy atom. The number of hydrogen-bond donors (Lipinski definition) is 0. The molecular formula is C13H15N3O3. The van der Waals surface area contributed by atoms with E-state index in [0.717, 1.165) is 30.8 Å². The minimum Gasteiger partial charge on any atom is -0.367 e. The molecule has 0 radical (unpaired) electrons. The lowest BCUT2D eigenvalue weighted by atomic mass is 9.94. The van der Waals surface area contributed by atoms with Gasteiger partial charge in [0.05, 0.1) is 11.0 Å². The number of amides is 1. The third kappa shape index (κ3) is 1.93. The topological polar surface area (TPSA) is 66.7 Å². The molecule has 0 saturated carbocycles. The van der Waals surface area contributed by atoms with Crippen molar-refractivity contribution >= 4 is 17.3 Å². The number of nitro groups is 1. The van der Waals surface area contributed by atoms with Gasteiger partial charge in [0.15, 0.2) is 0 Å². The highest BCUT2D eigenvalue weighted by molar-refractivity contribution is 5.75. The number of carbonyl (C=O) groups is 1. The van der Waals surface area contributed by atoms with Crippen LogP contribution in [-0.4, -0.2) is 41.4 Å². The van der Waals surface area contributed by atoms with Crippen LogP contribution in [0.15, 0.2) is 18.2 Å². The van der Waals surface area contributed by atoms with Gasteiger partial charge >= 0.3 is 0 Å². The first kappa shape index (κ1) is 12.0. The summed E-state index contributed by atoms with van der Waals surface area (Å²) in [6.07, 6.45) is 0.781. The molecule has 100 valence electrons. The fourth-order valence-electron chi connectivity index (χ4n) is 3.05. The van der Waals surface area contributed by atoms with Gasteiger partial charge in [0.2, 0.25) is 5.91 Å². The highest BCUT2D eigenvalue weighted by atomic mass is 16.6. The Balaban J connectivity index is 1.96. The number of fused-ring (bicyclic) bond motifs is 4. The SMILES string of the molecule is CC(=O)N1CCN2CC1Cc1ccc([N+](=O)[O-])cc12. The number of piperazine rings is 1. The van der Waals surface area contributed by atoms with E-state index in [1.54, 1.807) is 19.1 Å². The molecule has 0 spiro atoms. The van der Waals surface area contributed by atoms with Crippen LogP contribution in [0.3, 0.4) is 0 Å². The van der Waals surface area contributed by atoms with E-state index >= 15 is 0 Å². The minimum atomic E-state index is -0.363. The lowest BCUT2D eigenvalue weighted by molar-refractivity contribution is -0.384. The first-order valence-corrected chi connectivity index (χ1v) is 6.36. The van der Waals surface area contributed by atoms with Crippen molar-refractivity contribution < 1.29 is 9.72 Å². The summed E-state index contributed by atoms with van der Waals surface area (Å²) in [4.78, 5) is 26.1. The largest absolute Gasteiger partial charge is 0.367 e. The van der Waals surface area contributed by atoms with Crippen molar-refractivity contribution in [1.82, 2.24) is 4.90 Å². The van der Waals surface area contributed by atoms with Crippen molar-refractivity contribution in [3.8, 4) is 0 Å². The Kier molecular flexibility index (Phi) is 2.66. The van der Waals surface area contributed by atoms with Crippen molar-refractivity contribution in [3.05, 3.63) is 33.9 Å². The number of non-ortho nitro benzene ring substituents is 1. The number of nitrogens with zero attached hydrogens (tertiary/aromatic N) is 3. The zero-order chi connectivity index (χ0) is 13.6. The Bertz CT molecular complexity index is 558. The maximum absolute atomic E-state index is 11.6. The zero-order valence-corrected chi connectivity index (χ0v) is 10.7. The molecule has 3 rings (SSSR count). The van der Waals surface area contributed by atoms with E-state index in [0.29, 0.717) is 6.54 Å². The lowest BCUT2D eigenvalue weighted by Crippen LogP contribution is -2.57. The fourth-order valence-corrected chi connectivity index (χ4v) is 3.05. The normalized spacial score (nSPS) is 21.0. The Morgan fingerprint density at radius 3 is 2.89 bits per heavy atom. The van der Waals surface area contributed by atoms with E-state index in [1.807, 2.05) is 11.0 Å². The summed E-state index contributed by atoms with van der Waals surface area (Å²) in [5.74, 6) is 0.106. The summed E-state index contributed by atoms with van der Waals surface area (Å²) in [5.41, 5.74) is 2.17. The van der Waals surface area contributed by atoms with Gasteiger partial charge < -0.3 is 9.80 Å². The van der Waals surface area contributed by atoms with E-state index in [1.165, 1.54) is 0 Å². The first-order valence-electron chi connectivity index (χ1n) is 6.36. The molecule has 2 bridgehead atoms. The standard InChI is InChI=1S/C13H15N3O3/c1-9(17)15-5-4-14-8-12(15)6-10-2-3-11(16(18)19)7-13(10)14/h2-3,7,12H,4-6,8H2,1H3. The number of hydrogen-bond acceptors (Lipinski definition) is 4. The predicted molar refractivity (Wildman–Crippen MR) is 70.2 cm³/mol. The summed E-state index contributed by atoms with van der Waals surface area (Å²) in [6, 6.07) is 5.20. The van der Waals surface area contributed by atoms with Crippen LogP contribution in [0.25, 0.3) is 0 Å². The zero-order valence-electron chi connectivity index (χ0n) is 10.7. The molecule has 0 aliphatic carbocycles. The highest BCUT2D eigenvalue weighted by Crippen LogP contribution is 2.34. The smallest absolute Gasteiger partial charge is 0.271 e. The van der Waals surface area contributed by atoms with Crippen molar-refractivity contribution in [3.63, 3.8) is 0 Å². The van der Waals surface area contributed by atoms with Gasteiger partial charge in [-0.2, -0.15) is 0 Å². The molecule has 2 aliphatic rings. The van der Waals surface area contributed by atoms with E-state index in [-0.39, 0.29) is 22.6 Å². The van der Waals surface area contributed by atoms with Crippen LogP contribution >= 0.6 is 0 Å². The molecule has 2 heterocycles. The third-order valence-corrected chi connectivity index (χ3v) is 3.96. The van der Waals surface area contributed by atoms with E-state index in [9.17, 15) is 14.9 Å². The minimum absolute atomic E-state index is 0.106. The lowest BCUT2D eigenvalue weighted by Gasteiger charge is -2.46. The molecule has 1 amide bonds. The molecule has 0 N–H and O–H groups in total. The molecule has 1 unspecified atom stereocenters. The van der Waals surface area contributed by atoms with Gasteiger partial charge in [0.1, 0.15) is 0 Å². The molecule has 1 atom stereocenters. The molecule has 1 fully saturated rings. The van der Waals surface area contributed by atoms with Gasteiger partial charge in [0, 0.05) is 44.4 Å². The number of rotatable bonds is 1. The van der Waals surface area contributed by atoms with Crippen molar-refractivity contribution in [1.29, 1.82) is 0 Å². The van der Waals surface area contributed by atoms with Crippen molar-refractivity contribution in [2.75, 3.05) is 24.5 Å². The maximum Gasteiger partial charge on any atom is 0.271 e. The molecule has 2 aliphatic heterocycles. The summed E-state index contributed by atoms with van der Waals surface area (Å²) < 4.78 is 0. The Labute approximate surface area is 110 Å². The Morgan fingerprint density at radius 2 is 2.21 bits per heavy atom. The van der Waals surface area contributed by atoms with Crippen LogP contribution in [0.4, 0.5) is 11.4 Å². The second-order valence-electron chi connectivity index (χ2n) is 5.09. The molecule has 6 nitrogen and oxygen atoms in total. The van der Waals surface area contributed by atoms with Gasteiger partial charge in [-0.15, -0.1) is 0 Å². The van der Waals surface area contributed by atoms with Crippen LogP contribution < -0.4 is 4.90 Å². The third-order valence-electron chi connectivity index (χ3n) is 3.96. The Hall–Kier alpha value is -2.11.